The van der Waals surface area contributed by atoms with E-state index in [9.17, 15) is 0 Å². The molecule has 0 aromatic heterocycles. The molecule has 0 bridgehead atoms. The van der Waals surface area contributed by atoms with Crippen LogP contribution in [0.1, 0.15) is 63.5 Å². The van der Waals surface area contributed by atoms with E-state index >= 15 is 0 Å². The van der Waals surface area contributed by atoms with E-state index in [4.69, 9.17) is 9.84 Å². The van der Waals surface area contributed by atoms with Crippen LogP contribution in [0.25, 0.3) is 0 Å². The number of aromatic hydroxyl groups is 1. The first kappa shape index (κ1) is 19.1. The van der Waals surface area contributed by atoms with Gasteiger partial charge in [0, 0.05) is 0 Å². The van der Waals surface area contributed by atoms with Crippen molar-refractivity contribution in [1.29, 1.82) is 0 Å². The summed E-state index contributed by atoms with van der Waals surface area (Å²) in [5.41, 5.74) is 2.60. The summed E-state index contributed by atoms with van der Waals surface area (Å²) in [5.74, 6) is 2.49. The molecule has 0 aliphatic rings. The van der Waals surface area contributed by atoms with Crippen molar-refractivity contribution in [2.45, 2.75) is 52.4 Å². The second kappa shape index (κ2) is 9.94. The van der Waals surface area contributed by atoms with E-state index in [-0.39, 0.29) is 0 Å². The van der Waals surface area contributed by atoms with Gasteiger partial charge in [0.1, 0.15) is 11.5 Å². The molecule has 1 N–H and O–H groups in total. The molecule has 2 atom stereocenters. The van der Waals surface area contributed by atoms with Crippen molar-refractivity contribution in [2.24, 2.45) is 0 Å². The minimum atomic E-state index is 0.364. The zero-order valence-electron chi connectivity index (χ0n) is 15.0. The highest BCUT2D eigenvalue weighted by atomic mass is 16.5. The van der Waals surface area contributed by atoms with Gasteiger partial charge in [0.15, 0.2) is 0 Å². The van der Waals surface area contributed by atoms with Gasteiger partial charge >= 0.3 is 0 Å². The molecule has 2 unspecified atom stereocenters. The lowest BCUT2D eigenvalue weighted by Gasteiger charge is -2.08. The van der Waals surface area contributed by atoms with Crippen molar-refractivity contribution in [3.05, 3.63) is 59.7 Å². The molecule has 23 heavy (non-hydrogen) atoms. The number of phenolic OH excluding ortho intramolecular Hbond substituents is 1. The van der Waals surface area contributed by atoms with Gasteiger partial charge in [0.05, 0.1) is 7.11 Å². The molecule has 0 saturated heterocycles. The monoisotopic (exact) mass is 314 g/mol. The van der Waals surface area contributed by atoms with Crippen LogP contribution in [0.2, 0.25) is 0 Å². The fraction of sp³-hybridized carbons (Fsp3) is 0.429. The Balaban J connectivity index is 0.000000231. The molecule has 0 fully saturated rings. The van der Waals surface area contributed by atoms with Crippen LogP contribution >= 0.6 is 0 Å². The van der Waals surface area contributed by atoms with Gasteiger partial charge in [-0.15, -0.1) is 0 Å². The summed E-state index contributed by atoms with van der Waals surface area (Å²) in [6.07, 6.45) is 2.30. The molecule has 0 saturated carbocycles. The third-order valence-corrected chi connectivity index (χ3v) is 4.35. The highest BCUT2D eigenvalue weighted by Gasteiger charge is 2.02. The van der Waals surface area contributed by atoms with Gasteiger partial charge < -0.3 is 9.84 Å². The maximum atomic E-state index is 9.16. The van der Waals surface area contributed by atoms with Gasteiger partial charge in [-0.1, -0.05) is 52.0 Å². The minimum absolute atomic E-state index is 0.364. The maximum Gasteiger partial charge on any atom is 0.118 e. The van der Waals surface area contributed by atoms with Crippen LogP contribution in [0.15, 0.2) is 48.5 Å². The average molecular weight is 314 g/mol. The van der Waals surface area contributed by atoms with Crippen LogP contribution in [0.4, 0.5) is 0 Å². The summed E-state index contributed by atoms with van der Waals surface area (Å²) >= 11 is 0. The van der Waals surface area contributed by atoms with E-state index in [2.05, 4.69) is 39.8 Å². The summed E-state index contributed by atoms with van der Waals surface area (Å²) in [5, 5.41) is 9.16. The first-order valence-corrected chi connectivity index (χ1v) is 8.44. The smallest absolute Gasteiger partial charge is 0.118 e. The molecular formula is C21H30O2. The van der Waals surface area contributed by atoms with Gasteiger partial charge in [0.25, 0.3) is 0 Å². The quantitative estimate of drug-likeness (QED) is 0.721. The number of hydrogen-bond acceptors (Lipinski definition) is 2. The van der Waals surface area contributed by atoms with E-state index in [1.54, 1.807) is 13.2 Å². The lowest BCUT2D eigenvalue weighted by atomic mass is 9.99. The van der Waals surface area contributed by atoms with E-state index < -0.39 is 0 Å². The Morgan fingerprint density at radius 1 is 0.870 bits per heavy atom. The number of rotatable bonds is 5. The Morgan fingerprint density at radius 3 is 1.91 bits per heavy atom. The molecular weight excluding hydrogens is 284 g/mol. The highest BCUT2D eigenvalue weighted by Crippen LogP contribution is 2.22. The number of hydrogen-bond donors (Lipinski definition) is 1. The molecule has 0 radical (unpaired) electrons. The predicted octanol–water partition coefficient (Wildman–Crippen LogP) is 6.11. The van der Waals surface area contributed by atoms with E-state index in [1.165, 1.54) is 17.5 Å². The van der Waals surface area contributed by atoms with Crippen molar-refractivity contribution in [1.82, 2.24) is 0 Å². The second-order valence-corrected chi connectivity index (χ2v) is 5.99. The van der Waals surface area contributed by atoms with Crippen molar-refractivity contribution in [3.63, 3.8) is 0 Å². The van der Waals surface area contributed by atoms with Gasteiger partial charge in [0.2, 0.25) is 0 Å². The molecule has 0 aliphatic heterocycles. The lowest BCUT2D eigenvalue weighted by Crippen LogP contribution is -1.90. The average Bonchev–Trinajstić information content (AvgIpc) is 2.61. The zero-order valence-corrected chi connectivity index (χ0v) is 15.0. The molecule has 0 spiro atoms. The molecule has 126 valence electrons. The number of benzene rings is 2. The number of methoxy groups -OCH3 is 1. The maximum absolute atomic E-state index is 9.16. The van der Waals surface area contributed by atoms with Crippen LogP contribution in [0.3, 0.4) is 0 Å². The van der Waals surface area contributed by atoms with Gasteiger partial charge in [-0.05, 0) is 60.1 Å². The predicted molar refractivity (Wildman–Crippen MR) is 98.5 cm³/mol. The Morgan fingerprint density at radius 2 is 1.43 bits per heavy atom. The molecule has 2 rings (SSSR count). The Labute approximate surface area is 141 Å². The summed E-state index contributed by atoms with van der Waals surface area (Å²) in [6.45, 7) is 8.75. The molecule has 0 heterocycles. The summed E-state index contributed by atoms with van der Waals surface area (Å²) in [4.78, 5) is 0. The fourth-order valence-corrected chi connectivity index (χ4v) is 2.24. The fourth-order valence-electron chi connectivity index (χ4n) is 2.24. The van der Waals surface area contributed by atoms with E-state index in [0.717, 1.165) is 12.2 Å². The van der Waals surface area contributed by atoms with E-state index in [1.807, 2.05) is 30.3 Å². The largest absolute Gasteiger partial charge is 0.508 e. The Bertz CT molecular complexity index is 560. The molecule has 2 aromatic rings. The van der Waals surface area contributed by atoms with Crippen LogP contribution in [0, 0.1) is 0 Å². The highest BCUT2D eigenvalue weighted by molar-refractivity contribution is 5.29. The zero-order chi connectivity index (χ0) is 17.2. The summed E-state index contributed by atoms with van der Waals surface area (Å²) in [7, 11) is 1.69. The van der Waals surface area contributed by atoms with Crippen molar-refractivity contribution in [2.75, 3.05) is 7.11 Å². The van der Waals surface area contributed by atoms with Gasteiger partial charge in [-0.25, -0.2) is 0 Å². The first-order chi connectivity index (χ1) is 11.0. The molecule has 2 heteroatoms. The third kappa shape index (κ3) is 6.35. The summed E-state index contributed by atoms with van der Waals surface area (Å²) in [6, 6.07) is 15.8. The lowest BCUT2D eigenvalue weighted by molar-refractivity contribution is 0.414. The van der Waals surface area contributed by atoms with Crippen molar-refractivity contribution >= 4 is 0 Å². The topological polar surface area (TPSA) is 29.5 Å². The van der Waals surface area contributed by atoms with Gasteiger partial charge in [-0.2, -0.15) is 0 Å². The van der Waals surface area contributed by atoms with E-state index in [0.29, 0.717) is 17.6 Å². The SMILES string of the molecule is CCC(C)c1ccc(OC)cc1.CCC(C)c1cccc(O)c1. The molecule has 2 nitrogen and oxygen atoms in total. The second-order valence-electron chi connectivity index (χ2n) is 5.99. The van der Waals surface area contributed by atoms with Gasteiger partial charge in [-0.3, -0.25) is 0 Å². The third-order valence-electron chi connectivity index (χ3n) is 4.35. The Kier molecular flexibility index (Phi) is 8.25. The van der Waals surface area contributed by atoms with Crippen LogP contribution < -0.4 is 4.74 Å². The minimum Gasteiger partial charge on any atom is -0.508 e. The molecule has 0 aliphatic carbocycles. The molecule has 0 amide bonds. The van der Waals surface area contributed by atoms with Crippen LogP contribution in [-0.4, -0.2) is 12.2 Å². The number of phenols is 1. The normalized spacial score (nSPS) is 12.7. The molecule has 2 aromatic carbocycles. The first-order valence-electron chi connectivity index (χ1n) is 8.44. The van der Waals surface area contributed by atoms with Crippen molar-refractivity contribution < 1.29 is 9.84 Å². The Hall–Kier alpha value is -1.96. The standard InChI is InChI=1S/C11H16O.C10H14O/c1-4-9(2)10-5-7-11(12-3)8-6-10;1-3-8(2)9-5-4-6-10(11)7-9/h5-9H,4H2,1-3H3;4-8,11H,3H2,1-2H3. The van der Waals surface area contributed by atoms with Crippen LogP contribution in [-0.2, 0) is 0 Å². The van der Waals surface area contributed by atoms with Crippen molar-refractivity contribution in [3.8, 4) is 11.5 Å². The van der Waals surface area contributed by atoms with Crippen LogP contribution in [0.5, 0.6) is 11.5 Å². The number of ether oxygens (including phenoxy) is 1. The summed E-state index contributed by atoms with van der Waals surface area (Å²) < 4.78 is 5.08.